The molecule has 88 valence electrons. The van der Waals surface area contributed by atoms with Crippen molar-refractivity contribution in [1.29, 1.82) is 0 Å². The van der Waals surface area contributed by atoms with Crippen LogP contribution in [0.4, 0.5) is 5.82 Å². The highest BCUT2D eigenvalue weighted by atomic mass is 79.9. The topological polar surface area (TPSA) is 16.1 Å². The maximum Gasteiger partial charge on any atom is 0.128 e. The van der Waals surface area contributed by atoms with E-state index in [1.165, 1.54) is 11.3 Å². The molecular weight excluding hydrogens is 284 g/mol. The van der Waals surface area contributed by atoms with Crippen LogP contribution in [0.3, 0.4) is 0 Å². The van der Waals surface area contributed by atoms with Gasteiger partial charge in [-0.3, -0.25) is 0 Å². The standard InChI is InChI=1S/C12H17BrN2S/c1-12(2)9-15(5-6-16-12)11-4-3-10(7-13)8-14-11/h3-4,8H,5-7,9H2,1-2H3. The van der Waals surface area contributed by atoms with Gasteiger partial charge >= 0.3 is 0 Å². The van der Waals surface area contributed by atoms with Crippen molar-refractivity contribution >= 4 is 33.5 Å². The van der Waals surface area contributed by atoms with Gasteiger partial charge in [-0.2, -0.15) is 11.8 Å². The molecule has 1 aliphatic heterocycles. The molecule has 0 aliphatic carbocycles. The van der Waals surface area contributed by atoms with Crippen LogP contribution >= 0.6 is 27.7 Å². The van der Waals surface area contributed by atoms with Gasteiger partial charge < -0.3 is 4.90 Å². The van der Waals surface area contributed by atoms with Crippen LogP contribution in [-0.2, 0) is 5.33 Å². The predicted molar refractivity (Wildman–Crippen MR) is 75.6 cm³/mol. The van der Waals surface area contributed by atoms with Crippen molar-refractivity contribution in [2.75, 3.05) is 23.7 Å². The van der Waals surface area contributed by atoms with Gasteiger partial charge in [0.25, 0.3) is 0 Å². The molecule has 0 spiro atoms. The van der Waals surface area contributed by atoms with E-state index in [2.05, 4.69) is 51.8 Å². The SMILES string of the molecule is CC1(C)CN(c2ccc(CBr)cn2)CCS1. The van der Waals surface area contributed by atoms with Crippen molar-refractivity contribution in [3.8, 4) is 0 Å². The molecule has 1 aromatic heterocycles. The molecule has 16 heavy (non-hydrogen) atoms. The minimum absolute atomic E-state index is 0.341. The minimum Gasteiger partial charge on any atom is -0.354 e. The number of anilines is 1. The van der Waals surface area contributed by atoms with E-state index in [-0.39, 0.29) is 0 Å². The number of rotatable bonds is 2. The van der Waals surface area contributed by atoms with Crippen molar-refractivity contribution in [3.05, 3.63) is 23.9 Å². The van der Waals surface area contributed by atoms with Gasteiger partial charge in [0.15, 0.2) is 0 Å². The van der Waals surface area contributed by atoms with Crippen LogP contribution < -0.4 is 4.90 Å². The van der Waals surface area contributed by atoms with E-state index in [1.54, 1.807) is 0 Å². The van der Waals surface area contributed by atoms with Crippen LogP contribution in [0.5, 0.6) is 0 Å². The number of thioether (sulfide) groups is 1. The summed E-state index contributed by atoms with van der Waals surface area (Å²) in [4.78, 5) is 6.91. The summed E-state index contributed by atoms with van der Waals surface area (Å²) in [6.07, 6.45) is 1.96. The van der Waals surface area contributed by atoms with Crippen LogP contribution in [-0.4, -0.2) is 28.6 Å². The molecule has 2 rings (SSSR count). The number of pyridine rings is 1. The molecule has 1 saturated heterocycles. The Morgan fingerprint density at radius 3 is 2.88 bits per heavy atom. The number of aromatic nitrogens is 1. The molecule has 0 N–H and O–H groups in total. The molecule has 0 radical (unpaired) electrons. The van der Waals surface area contributed by atoms with Gasteiger partial charge in [0.2, 0.25) is 0 Å². The Hall–Kier alpha value is -0.220. The van der Waals surface area contributed by atoms with Crippen molar-refractivity contribution in [1.82, 2.24) is 4.98 Å². The van der Waals surface area contributed by atoms with E-state index in [1.807, 2.05) is 18.0 Å². The minimum atomic E-state index is 0.341. The molecule has 0 unspecified atom stereocenters. The van der Waals surface area contributed by atoms with Gasteiger partial charge in [-0.15, -0.1) is 0 Å². The second kappa shape index (κ2) is 4.96. The summed E-state index contributed by atoms with van der Waals surface area (Å²) < 4.78 is 0.341. The Labute approximate surface area is 110 Å². The van der Waals surface area contributed by atoms with Crippen molar-refractivity contribution < 1.29 is 0 Å². The zero-order valence-electron chi connectivity index (χ0n) is 9.74. The molecule has 2 nitrogen and oxygen atoms in total. The van der Waals surface area contributed by atoms with E-state index in [0.29, 0.717) is 4.75 Å². The largest absolute Gasteiger partial charge is 0.354 e. The van der Waals surface area contributed by atoms with Crippen molar-refractivity contribution in [2.24, 2.45) is 0 Å². The fourth-order valence-electron chi connectivity index (χ4n) is 1.89. The van der Waals surface area contributed by atoms with Crippen molar-refractivity contribution in [2.45, 2.75) is 23.9 Å². The smallest absolute Gasteiger partial charge is 0.128 e. The number of halogens is 1. The lowest BCUT2D eigenvalue weighted by molar-refractivity contribution is 0.642. The molecule has 0 bridgehead atoms. The number of nitrogens with zero attached hydrogens (tertiary/aromatic N) is 2. The highest BCUT2D eigenvalue weighted by molar-refractivity contribution is 9.08. The molecule has 4 heteroatoms. The molecule has 1 aromatic rings. The Morgan fingerprint density at radius 1 is 1.50 bits per heavy atom. The lowest BCUT2D eigenvalue weighted by atomic mass is 10.2. The fraction of sp³-hybridized carbons (Fsp3) is 0.583. The third-order valence-corrected chi connectivity index (χ3v) is 4.66. The molecule has 0 saturated carbocycles. The fourth-order valence-corrected chi connectivity index (χ4v) is 3.34. The number of hydrogen-bond donors (Lipinski definition) is 0. The third-order valence-electron chi connectivity index (χ3n) is 2.71. The van der Waals surface area contributed by atoms with E-state index in [4.69, 9.17) is 0 Å². The quantitative estimate of drug-likeness (QED) is 0.780. The maximum absolute atomic E-state index is 4.53. The summed E-state index contributed by atoms with van der Waals surface area (Å²) in [5, 5.41) is 0.877. The van der Waals surface area contributed by atoms with E-state index in [9.17, 15) is 0 Å². The average Bonchev–Trinajstić information content (AvgIpc) is 2.28. The van der Waals surface area contributed by atoms with E-state index in [0.717, 1.165) is 24.2 Å². The van der Waals surface area contributed by atoms with E-state index >= 15 is 0 Å². The van der Waals surface area contributed by atoms with Gasteiger partial charge in [-0.05, 0) is 25.5 Å². The highest BCUT2D eigenvalue weighted by Crippen LogP contribution is 2.31. The summed E-state index contributed by atoms with van der Waals surface area (Å²) in [6, 6.07) is 4.27. The molecule has 1 fully saturated rings. The normalized spacial score (nSPS) is 19.8. The second-order valence-electron chi connectivity index (χ2n) is 4.69. The Balaban J connectivity index is 2.11. The van der Waals surface area contributed by atoms with Gasteiger partial charge in [-0.25, -0.2) is 4.98 Å². The third kappa shape index (κ3) is 2.92. The zero-order valence-corrected chi connectivity index (χ0v) is 12.1. The first kappa shape index (κ1) is 12.2. The first-order valence-electron chi connectivity index (χ1n) is 5.50. The first-order chi connectivity index (χ1) is 7.61. The van der Waals surface area contributed by atoms with Gasteiger partial charge in [-0.1, -0.05) is 22.0 Å². The van der Waals surface area contributed by atoms with Crippen molar-refractivity contribution in [3.63, 3.8) is 0 Å². The van der Waals surface area contributed by atoms with Crippen LogP contribution in [0.2, 0.25) is 0 Å². The molecule has 0 atom stereocenters. The van der Waals surface area contributed by atoms with Crippen LogP contribution in [0.1, 0.15) is 19.4 Å². The number of hydrogen-bond acceptors (Lipinski definition) is 3. The molecule has 0 aromatic carbocycles. The van der Waals surface area contributed by atoms with Crippen LogP contribution in [0.15, 0.2) is 18.3 Å². The summed E-state index contributed by atoms with van der Waals surface area (Å²) in [7, 11) is 0. The van der Waals surface area contributed by atoms with E-state index < -0.39 is 0 Å². The predicted octanol–water partition coefficient (Wildman–Crippen LogP) is 3.31. The Morgan fingerprint density at radius 2 is 2.31 bits per heavy atom. The first-order valence-corrected chi connectivity index (χ1v) is 7.61. The molecular formula is C12H17BrN2S. The summed E-state index contributed by atoms with van der Waals surface area (Å²) >= 11 is 5.49. The highest BCUT2D eigenvalue weighted by Gasteiger charge is 2.27. The molecule has 2 heterocycles. The lowest BCUT2D eigenvalue weighted by Crippen LogP contribution is -2.43. The molecule has 0 amide bonds. The lowest BCUT2D eigenvalue weighted by Gasteiger charge is -2.38. The Kier molecular flexibility index (Phi) is 3.80. The van der Waals surface area contributed by atoms with Gasteiger partial charge in [0.1, 0.15) is 5.82 Å². The summed E-state index contributed by atoms with van der Waals surface area (Å²) in [5.74, 6) is 2.30. The Bertz CT molecular complexity index is 351. The maximum atomic E-state index is 4.53. The van der Waals surface area contributed by atoms with Crippen LogP contribution in [0, 0.1) is 0 Å². The number of alkyl halides is 1. The summed E-state index contributed by atoms with van der Waals surface area (Å²) in [6.45, 7) is 6.79. The van der Waals surface area contributed by atoms with Gasteiger partial charge in [0.05, 0.1) is 0 Å². The van der Waals surface area contributed by atoms with Crippen LogP contribution in [0.25, 0.3) is 0 Å². The average molecular weight is 301 g/mol. The summed E-state index contributed by atoms with van der Waals surface area (Å²) in [5.41, 5.74) is 1.23. The van der Waals surface area contributed by atoms with Gasteiger partial charge in [0, 0.05) is 35.1 Å². The zero-order chi connectivity index (χ0) is 11.6. The molecule has 1 aliphatic rings. The second-order valence-corrected chi connectivity index (χ2v) is 7.05. The monoisotopic (exact) mass is 300 g/mol.